The van der Waals surface area contributed by atoms with E-state index >= 15 is 0 Å². The summed E-state index contributed by atoms with van der Waals surface area (Å²) in [6, 6.07) is 3.78. The third-order valence-corrected chi connectivity index (χ3v) is 2.03. The molecule has 1 atom stereocenters. The van der Waals surface area contributed by atoms with Gasteiger partial charge in [0, 0.05) is 38.4 Å². The van der Waals surface area contributed by atoms with Crippen LogP contribution >= 0.6 is 0 Å². The number of hydrogen-bond donors (Lipinski definition) is 1. The van der Waals surface area contributed by atoms with Gasteiger partial charge < -0.3 is 15.2 Å². The van der Waals surface area contributed by atoms with Crippen molar-refractivity contribution < 1.29 is 9.47 Å². The van der Waals surface area contributed by atoms with Crippen LogP contribution in [-0.2, 0) is 4.74 Å². The summed E-state index contributed by atoms with van der Waals surface area (Å²) < 4.78 is 10.4. The van der Waals surface area contributed by atoms with E-state index in [2.05, 4.69) is 4.98 Å². The molecular formula is C11H18N2O2. The number of rotatable bonds is 6. The molecule has 0 unspecified atom stereocenters. The van der Waals surface area contributed by atoms with Gasteiger partial charge in [0.2, 0.25) is 5.88 Å². The van der Waals surface area contributed by atoms with E-state index in [0.29, 0.717) is 19.1 Å². The van der Waals surface area contributed by atoms with Crippen LogP contribution in [0.5, 0.6) is 5.88 Å². The van der Waals surface area contributed by atoms with Gasteiger partial charge in [-0.1, -0.05) is 0 Å². The molecule has 0 saturated carbocycles. The lowest BCUT2D eigenvalue weighted by atomic mass is 10.1. The van der Waals surface area contributed by atoms with Crippen LogP contribution < -0.4 is 10.5 Å². The van der Waals surface area contributed by atoms with Crippen molar-refractivity contribution in [2.45, 2.75) is 19.4 Å². The second kappa shape index (κ2) is 6.37. The summed E-state index contributed by atoms with van der Waals surface area (Å²) in [5.41, 5.74) is 6.79. The normalized spacial score (nSPS) is 12.5. The first-order valence-electron chi connectivity index (χ1n) is 5.07. The minimum absolute atomic E-state index is 0.00863. The van der Waals surface area contributed by atoms with E-state index < -0.39 is 0 Å². The Morgan fingerprint density at radius 3 is 2.93 bits per heavy atom. The number of pyridine rings is 1. The molecule has 0 fully saturated rings. The van der Waals surface area contributed by atoms with Gasteiger partial charge in [0.25, 0.3) is 0 Å². The van der Waals surface area contributed by atoms with Crippen LogP contribution in [0.4, 0.5) is 0 Å². The smallest absolute Gasteiger partial charge is 0.213 e. The summed E-state index contributed by atoms with van der Waals surface area (Å²) >= 11 is 0. The molecule has 0 aromatic carbocycles. The van der Waals surface area contributed by atoms with Crippen LogP contribution in [0.25, 0.3) is 0 Å². The molecule has 1 rings (SSSR count). The van der Waals surface area contributed by atoms with Crippen molar-refractivity contribution in [1.29, 1.82) is 0 Å². The summed E-state index contributed by atoms with van der Waals surface area (Å²) in [7, 11) is 1.68. The lowest BCUT2D eigenvalue weighted by Gasteiger charge is -2.08. The summed E-state index contributed by atoms with van der Waals surface area (Å²) in [4.78, 5) is 4.10. The molecule has 0 aliphatic carbocycles. The van der Waals surface area contributed by atoms with Crippen molar-refractivity contribution in [1.82, 2.24) is 4.98 Å². The molecule has 1 aromatic rings. The Kier molecular flexibility index (Phi) is 5.07. The predicted molar refractivity (Wildman–Crippen MR) is 58.8 cm³/mol. The van der Waals surface area contributed by atoms with E-state index in [-0.39, 0.29) is 6.04 Å². The number of nitrogens with zero attached hydrogens (tertiary/aromatic N) is 1. The highest BCUT2D eigenvalue weighted by molar-refractivity contribution is 5.22. The van der Waals surface area contributed by atoms with Gasteiger partial charge in [-0.15, -0.1) is 0 Å². The maximum absolute atomic E-state index is 5.76. The average Bonchev–Trinajstić information content (AvgIpc) is 2.25. The average molecular weight is 210 g/mol. The summed E-state index contributed by atoms with van der Waals surface area (Å²) in [5.74, 6) is 0.626. The van der Waals surface area contributed by atoms with Gasteiger partial charge in [0.15, 0.2) is 0 Å². The molecule has 1 aromatic heterocycles. The third kappa shape index (κ3) is 4.27. The topological polar surface area (TPSA) is 57.4 Å². The highest BCUT2D eigenvalue weighted by Gasteiger charge is 2.01. The number of methoxy groups -OCH3 is 1. The van der Waals surface area contributed by atoms with Gasteiger partial charge in [-0.3, -0.25) is 0 Å². The van der Waals surface area contributed by atoms with E-state index in [1.165, 1.54) is 0 Å². The highest BCUT2D eigenvalue weighted by Crippen LogP contribution is 2.14. The van der Waals surface area contributed by atoms with E-state index in [1.54, 1.807) is 13.3 Å². The molecule has 4 heteroatoms. The number of ether oxygens (including phenoxy) is 2. The second-order valence-corrected chi connectivity index (χ2v) is 3.41. The molecule has 4 nitrogen and oxygen atoms in total. The first kappa shape index (κ1) is 11.9. The van der Waals surface area contributed by atoms with Gasteiger partial charge in [0.05, 0.1) is 6.61 Å². The van der Waals surface area contributed by atoms with Crippen molar-refractivity contribution in [3.05, 3.63) is 23.9 Å². The number of aromatic nitrogens is 1. The Hall–Kier alpha value is -1.13. The standard InChI is InChI=1S/C11H18N2O2/c1-9(12)10-4-5-13-11(8-10)15-7-3-6-14-2/h4-5,8-9H,3,6-7,12H2,1-2H3/t9-/m0/s1. The van der Waals surface area contributed by atoms with Crippen molar-refractivity contribution in [2.75, 3.05) is 20.3 Å². The zero-order chi connectivity index (χ0) is 11.1. The molecule has 1 heterocycles. The van der Waals surface area contributed by atoms with Crippen molar-refractivity contribution >= 4 is 0 Å². The molecule has 0 spiro atoms. The van der Waals surface area contributed by atoms with Crippen LogP contribution in [0.3, 0.4) is 0 Å². The quantitative estimate of drug-likeness (QED) is 0.723. The van der Waals surface area contributed by atoms with E-state index in [4.69, 9.17) is 15.2 Å². The fourth-order valence-electron chi connectivity index (χ4n) is 1.17. The van der Waals surface area contributed by atoms with Crippen LogP contribution in [0.15, 0.2) is 18.3 Å². The zero-order valence-electron chi connectivity index (χ0n) is 9.27. The molecule has 2 N–H and O–H groups in total. The minimum atomic E-state index is 0.00863. The van der Waals surface area contributed by atoms with Crippen LogP contribution in [0, 0.1) is 0 Å². The highest BCUT2D eigenvalue weighted by atomic mass is 16.5. The first-order chi connectivity index (χ1) is 7.24. The third-order valence-electron chi connectivity index (χ3n) is 2.03. The van der Waals surface area contributed by atoms with Gasteiger partial charge in [0.1, 0.15) is 0 Å². The monoisotopic (exact) mass is 210 g/mol. The maximum atomic E-state index is 5.76. The van der Waals surface area contributed by atoms with Crippen LogP contribution in [-0.4, -0.2) is 25.3 Å². The summed E-state index contributed by atoms with van der Waals surface area (Å²) in [5, 5.41) is 0. The van der Waals surface area contributed by atoms with Crippen LogP contribution in [0.1, 0.15) is 24.9 Å². The lowest BCUT2D eigenvalue weighted by Crippen LogP contribution is -2.07. The Labute approximate surface area is 90.4 Å². The number of nitrogens with two attached hydrogens (primary N) is 1. The van der Waals surface area contributed by atoms with E-state index in [0.717, 1.165) is 12.0 Å². The van der Waals surface area contributed by atoms with Crippen molar-refractivity contribution in [3.63, 3.8) is 0 Å². The van der Waals surface area contributed by atoms with E-state index in [1.807, 2.05) is 19.1 Å². The SMILES string of the molecule is COCCCOc1cc([C@H](C)N)ccn1. The fourth-order valence-corrected chi connectivity index (χ4v) is 1.17. The molecule has 84 valence electrons. The molecule has 0 radical (unpaired) electrons. The van der Waals surface area contributed by atoms with Crippen molar-refractivity contribution in [2.24, 2.45) is 5.73 Å². The van der Waals surface area contributed by atoms with Crippen molar-refractivity contribution in [3.8, 4) is 5.88 Å². The summed E-state index contributed by atoms with van der Waals surface area (Å²) in [6.07, 6.45) is 2.57. The Morgan fingerprint density at radius 1 is 1.47 bits per heavy atom. The van der Waals surface area contributed by atoms with Gasteiger partial charge in [-0.25, -0.2) is 4.98 Å². The molecule has 0 amide bonds. The largest absolute Gasteiger partial charge is 0.478 e. The zero-order valence-corrected chi connectivity index (χ0v) is 9.27. The van der Waals surface area contributed by atoms with Crippen LogP contribution in [0.2, 0.25) is 0 Å². The van der Waals surface area contributed by atoms with E-state index in [9.17, 15) is 0 Å². The molecule has 0 saturated heterocycles. The second-order valence-electron chi connectivity index (χ2n) is 3.41. The molecular weight excluding hydrogens is 192 g/mol. The predicted octanol–water partition coefficient (Wildman–Crippen LogP) is 1.52. The maximum Gasteiger partial charge on any atom is 0.213 e. The Balaban J connectivity index is 2.43. The summed E-state index contributed by atoms with van der Waals surface area (Å²) in [6.45, 7) is 3.25. The molecule has 0 bridgehead atoms. The van der Waals surface area contributed by atoms with Gasteiger partial charge >= 0.3 is 0 Å². The Bertz CT molecular complexity index is 290. The molecule has 15 heavy (non-hydrogen) atoms. The van der Waals surface area contributed by atoms with Gasteiger partial charge in [-0.05, 0) is 18.6 Å². The Morgan fingerprint density at radius 2 is 2.27 bits per heavy atom. The molecule has 0 aliphatic heterocycles. The lowest BCUT2D eigenvalue weighted by molar-refractivity contribution is 0.170. The van der Waals surface area contributed by atoms with Gasteiger partial charge in [-0.2, -0.15) is 0 Å². The number of hydrogen-bond acceptors (Lipinski definition) is 4. The minimum Gasteiger partial charge on any atom is -0.478 e. The fraction of sp³-hybridized carbons (Fsp3) is 0.545. The first-order valence-corrected chi connectivity index (χ1v) is 5.07. The molecule has 0 aliphatic rings.